The first-order valence-corrected chi connectivity index (χ1v) is 15.3. The Labute approximate surface area is 239 Å². The van der Waals surface area contributed by atoms with Gasteiger partial charge in [-0.3, -0.25) is 4.72 Å². The van der Waals surface area contributed by atoms with Gasteiger partial charge in [-0.1, -0.05) is 36.7 Å². The maximum atomic E-state index is 15.1. The molecular weight excluding hydrogens is 549 g/mol. The van der Waals surface area contributed by atoms with Crippen LogP contribution in [0.25, 0.3) is 22.0 Å². The molecule has 0 radical (unpaired) electrons. The van der Waals surface area contributed by atoms with Gasteiger partial charge in [-0.05, 0) is 99.3 Å². The molecule has 7 nitrogen and oxygen atoms in total. The van der Waals surface area contributed by atoms with Crippen molar-refractivity contribution >= 4 is 44.2 Å². The third-order valence-electron chi connectivity index (χ3n) is 7.58. The molecule has 0 spiro atoms. The molecule has 0 atom stereocenters. The van der Waals surface area contributed by atoms with Crippen molar-refractivity contribution in [1.29, 1.82) is 0 Å². The number of halogens is 2. The minimum Gasteiger partial charge on any atom is -0.351 e. The number of rotatable bonds is 8. The third-order valence-corrected chi connectivity index (χ3v) is 9.44. The molecule has 0 amide bonds. The minimum atomic E-state index is -4.05. The number of aromatic nitrogens is 2. The van der Waals surface area contributed by atoms with Gasteiger partial charge in [0, 0.05) is 23.7 Å². The maximum Gasteiger partial charge on any atom is 0.263 e. The topological polar surface area (TPSA) is 87.2 Å². The zero-order valence-corrected chi connectivity index (χ0v) is 24.4. The molecule has 0 unspecified atom stereocenters. The normalized spacial score (nSPS) is 17.8. The fraction of sp³-hybridized carbons (Fsp3) is 0.333. The molecule has 0 aliphatic heterocycles. The quantitative estimate of drug-likeness (QED) is 0.240. The molecule has 210 valence electrons. The summed E-state index contributed by atoms with van der Waals surface area (Å²) in [4.78, 5) is 11.6. The maximum absolute atomic E-state index is 15.1. The van der Waals surface area contributed by atoms with E-state index in [1.807, 2.05) is 12.1 Å². The van der Waals surface area contributed by atoms with Crippen molar-refractivity contribution < 1.29 is 12.8 Å². The summed E-state index contributed by atoms with van der Waals surface area (Å²) in [7, 11) is 0.222. The number of hydrogen-bond acceptors (Lipinski definition) is 6. The second kappa shape index (κ2) is 11.7. The summed E-state index contributed by atoms with van der Waals surface area (Å²) in [6, 6.07) is 15.4. The number of benzene rings is 3. The number of sulfonamides is 1. The first-order chi connectivity index (χ1) is 19.1. The van der Waals surface area contributed by atoms with E-state index in [1.54, 1.807) is 24.4 Å². The first-order valence-electron chi connectivity index (χ1n) is 13.4. The van der Waals surface area contributed by atoms with Gasteiger partial charge in [0.15, 0.2) is 0 Å². The highest BCUT2D eigenvalue weighted by atomic mass is 35.5. The number of nitrogens with one attached hydrogen (secondary N) is 2. The van der Waals surface area contributed by atoms with E-state index in [-0.39, 0.29) is 15.6 Å². The Balaban J connectivity index is 1.37. The minimum absolute atomic E-state index is 0.0626. The van der Waals surface area contributed by atoms with Crippen molar-refractivity contribution in [3.63, 3.8) is 0 Å². The van der Waals surface area contributed by atoms with E-state index in [2.05, 4.69) is 40.9 Å². The fourth-order valence-corrected chi connectivity index (χ4v) is 6.87. The summed E-state index contributed by atoms with van der Waals surface area (Å²) in [5.74, 6) is -0.0597. The highest BCUT2D eigenvalue weighted by molar-refractivity contribution is 7.92. The van der Waals surface area contributed by atoms with Crippen LogP contribution in [0, 0.1) is 5.82 Å². The van der Waals surface area contributed by atoms with Crippen molar-refractivity contribution in [1.82, 2.24) is 14.9 Å². The molecule has 1 saturated carbocycles. The van der Waals surface area contributed by atoms with E-state index in [0.29, 0.717) is 23.6 Å². The van der Waals surface area contributed by atoms with Crippen LogP contribution < -0.4 is 10.0 Å². The molecule has 0 saturated heterocycles. The van der Waals surface area contributed by atoms with E-state index in [9.17, 15) is 8.42 Å². The Kier molecular flexibility index (Phi) is 8.26. The smallest absolute Gasteiger partial charge is 0.263 e. The molecule has 1 aliphatic rings. The highest BCUT2D eigenvalue weighted by Crippen LogP contribution is 2.32. The Bertz CT molecular complexity index is 1640. The second-order valence-corrected chi connectivity index (χ2v) is 12.5. The van der Waals surface area contributed by atoms with Crippen LogP contribution in [0.3, 0.4) is 0 Å². The second-order valence-electron chi connectivity index (χ2n) is 10.5. The number of hydrogen-bond donors (Lipinski definition) is 2. The van der Waals surface area contributed by atoms with Gasteiger partial charge in [0.05, 0.1) is 16.2 Å². The predicted molar refractivity (Wildman–Crippen MR) is 160 cm³/mol. The van der Waals surface area contributed by atoms with Crippen LogP contribution in [0.15, 0.2) is 65.7 Å². The molecule has 1 fully saturated rings. The number of aryl methyl sites for hydroxylation is 1. The van der Waals surface area contributed by atoms with Crippen molar-refractivity contribution in [3.8, 4) is 11.1 Å². The molecule has 3 aromatic carbocycles. The lowest BCUT2D eigenvalue weighted by Crippen LogP contribution is -2.36. The van der Waals surface area contributed by atoms with Gasteiger partial charge in [-0.2, -0.15) is 0 Å². The lowest BCUT2D eigenvalue weighted by atomic mass is 9.90. The first kappa shape index (κ1) is 28.3. The average Bonchev–Trinajstić information content (AvgIpc) is 2.94. The van der Waals surface area contributed by atoms with Crippen molar-refractivity contribution in [2.24, 2.45) is 0 Å². The van der Waals surface area contributed by atoms with Crippen molar-refractivity contribution in [3.05, 3.63) is 77.2 Å². The number of anilines is 2. The molecular formula is C30H33ClFN5O2S. The van der Waals surface area contributed by atoms with Crippen LogP contribution in [0.5, 0.6) is 0 Å². The Hall–Kier alpha value is -3.27. The standard InChI is InChI=1S/C30H33ClFN5O2S/c1-4-19-15-21(16-22-18-33-30(35-29(19)22)34-23-10-12-24(13-11-23)37(2)3)20-9-14-27(26(32)17-20)36-40(38,39)28-8-6-5-7-25(28)31/h5-9,14-18,23-24,36H,4,10-13H2,1-3H3,(H,33,34,35). The number of fused-ring (bicyclic) bond motifs is 1. The van der Waals surface area contributed by atoms with Gasteiger partial charge in [-0.15, -0.1) is 0 Å². The van der Waals surface area contributed by atoms with E-state index >= 15 is 4.39 Å². The molecule has 1 aliphatic carbocycles. The summed E-state index contributed by atoms with van der Waals surface area (Å²) in [5, 5.41) is 4.45. The van der Waals surface area contributed by atoms with Gasteiger partial charge in [-0.25, -0.2) is 22.8 Å². The molecule has 40 heavy (non-hydrogen) atoms. The predicted octanol–water partition coefficient (Wildman–Crippen LogP) is 6.74. The Morgan fingerprint density at radius 2 is 1.77 bits per heavy atom. The Morgan fingerprint density at radius 3 is 2.45 bits per heavy atom. The Morgan fingerprint density at radius 1 is 1.02 bits per heavy atom. The summed E-state index contributed by atoms with van der Waals surface area (Å²) in [6.45, 7) is 2.06. The summed E-state index contributed by atoms with van der Waals surface area (Å²) < 4.78 is 43.0. The highest BCUT2D eigenvalue weighted by Gasteiger charge is 2.23. The SMILES string of the molecule is CCc1cc(-c2ccc(NS(=O)(=O)c3ccccc3Cl)c(F)c2)cc2cnc(NC3CCC(N(C)C)CC3)nc12. The molecule has 2 N–H and O–H groups in total. The van der Waals surface area contributed by atoms with Crippen molar-refractivity contribution in [2.45, 2.75) is 56.0 Å². The third kappa shape index (κ3) is 6.06. The number of nitrogens with zero attached hydrogens (tertiary/aromatic N) is 3. The van der Waals surface area contributed by atoms with Crippen molar-refractivity contribution in [2.75, 3.05) is 24.1 Å². The van der Waals surface area contributed by atoms with Crippen LogP contribution >= 0.6 is 11.6 Å². The molecule has 4 aromatic rings. The van der Waals surface area contributed by atoms with E-state index in [1.165, 1.54) is 24.3 Å². The van der Waals surface area contributed by atoms with Crippen LogP contribution in [0.2, 0.25) is 5.02 Å². The summed E-state index contributed by atoms with van der Waals surface area (Å²) >= 11 is 6.04. The summed E-state index contributed by atoms with van der Waals surface area (Å²) in [6.07, 6.45) is 7.02. The van der Waals surface area contributed by atoms with Crippen LogP contribution in [-0.2, 0) is 16.4 Å². The largest absolute Gasteiger partial charge is 0.351 e. The lowest BCUT2D eigenvalue weighted by molar-refractivity contribution is 0.221. The van der Waals surface area contributed by atoms with E-state index in [4.69, 9.17) is 16.6 Å². The van der Waals surface area contributed by atoms with Crippen LogP contribution in [0.4, 0.5) is 16.0 Å². The molecule has 10 heteroatoms. The molecule has 1 aromatic heterocycles. The van der Waals surface area contributed by atoms with Crippen LogP contribution in [0.1, 0.15) is 38.2 Å². The lowest BCUT2D eigenvalue weighted by Gasteiger charge is -2.32. The van der Waals surface area contributed by atoms with E-state index < -0.39 is 15.8 Å². The average molecular weight is 582 g/mol. The van der Waals surface area contributed by atoms with Gasteiger partial charge in [0.25, 0.3) is 10.0 Å². The fourth-order valence-electron chi connectivity index (χ4n) is 5.28. The monoisotopic (exact) mass is 581 g/mol. The van der Waals surface area contributed by atoms with E-state index in [0.717, 1.165) is 54.1 Å². The molecule has 1 heterocycles. The zero-order valence-electron chi connectivity index (χ0n) is 22.8. The molecule has 5 rings (SSSR count). The van der Waals surface area contributed by atoms with Gasteiger partial charge in [0.2, 0.25) is 5.95 Å². The zero-order chi connectivity index (χ0) is 28.4. The van der Waals surface area contributed by atoms with Crippen LogP contribution in [-0.4, -0.2) is 49.5 Å². The van der Waals surface area contributed by atoms with Gasteiger partial charge >= 0.3 is 0 Å². The molecule has 0 bridgehead atoms. The van der Waals surface area contributed by atoms with Gasteiger partial charge in [0.1, 0.15) is 10.7 Å². The summed E-state index contributed by atoms with van der Waals surface area (Å²) in [5.41, 5.74) is 3.16. The van der Waals surface area contributed by atoms with Gasteiger partial charge < -0.3 is 10.2 Å².